The second-order valence-electron chi connectivity index (χ2n) is 12.7. The lowest BCUT2D eigenvalue weighted by Gasteiger charge is -2.55. The minimum absolute atomic E-state index is 0.0504. The highest BCUT2D eigenvalue weighted by atomic mass is 32.2. The van der Waals surface area contributed by atoms with Crippen LogP contribution in [-0.4, -0.2) is 109 Å². The van der Waals surface area contributed by atoms with Crippen molar-refractivity contribution in [1.29, 1.82) is 5.26 Å². The maximum atomic E-state index is 14.6. The summed E-state index contributed by atoms with van der Waals surface area (Å²) >= 11 is 1.78. The smallest absolute Gasteiger partial charge is 0.246 e. The Morgan fingerprint density at radius 3 is 2.84 bits per heavy atom. The number of Topliss-reactive ketones (excluding diaryl/α,β-unsaturated/α-hetero) is 1. The summed E-state index contributed by atoms with van der Waals surface area (Å²) in [5.41, 5.74) is 2.48. The van der Waals surface area contributed by atoms with Crippen molar-refractivity contribution in [2.24, 2.45) is 5.92 Å². The predicted molar refractivity (Wildman–Crippen MR) is 165 cm³/mol. The van der Waals surface area contributed by atoms with Gasteiger partial charge in [0, 0.05) is 37.3 Å². The number of nitriles is 1. The van der Waals surface area contributed by atoms with Crippen LogP contribution in [0, 0.1) is 17.2 Å². The average Bonchev–Trinajstić information content (AvgIpc) is 3.45. The number of methoxy groups -OCH3 is 1. The lowest BCUT2D eigenvalue weighted by atomic mass is 9.71. The second kappa shape index (κ2) is 12.9. The molecule has 6 rings (SSSR count). The van der Waals surface area contributed by atoms with Gasteiger partial charge in [-0.1, -0.05) is 12.6 Å². The number of fused-ring (bicyclic) bond motifs is 2. The van der Waals surface area contributed by atoms with Crippen molar-refractivity contribution in [2.45, 2.75) is 79.7 Å². The molecule has 1 amide bonds. The van der Waals surface area contributed by atoms with E-state index in [9.17, 15) is 14.9 Å². The molecular weight excluding hydrogens is 564 g/mol. The number of ketones is 1. The molecule has 3 saturated heterocycles. The van der Waals surface area contributed by atoms with Crippen molar-refractivity contribution in [2.75, 3.05) is 46.9 Å². The van der Waals surface area contributed by atoms with Crippen LogP contribution in [0.15, 0.2) is 30.9 Å². The predicted octanol–water partition coefficient (Wildman–Crippen LogP) is 2.10. The molecule has 1 aromatic carbocycles. The zero-order valence-electron chi connectivity index (χ0n) is 25.3. The number of nitrogens with one attached hydrogen (secondary N) is 2. The number of carbonyl (C=O) groups excluding carboxylic acids is 2. The first-order valence-electron chi connectivity index (χ1n) is 15.6. The molecule has 0 bridgehead atoms. The van der Waals surface area contributed by atoms with Crippen LogP contribution in [0.25, 0.3) is 0 Å². The molecule has 1 saturated carbocycles. The van der Waals surface area contributed by atoms with E-state index in [1.54, 1.807) is 23.8 Å². The molecule has 11 heteroatoms. The van der Waals surface area contributed by atoms with E-state index in [1.807, 2.05) is 6.07 Å². The van der Waals surface area contributed by atoms with Crippen molar-refractivity contribution >= 4 is 23.5 Å². The minimum Gasteiger partial charge on any atom is -0.497 e. The van der Waals surface area contributed by atoms with E-state index in [0.29, 0.717) is 32.3 Å². The molecule has 1 aliphatic carbocycles. The van der Waals surface area contributed by atoms with Gasteiger partial charge in [0.25, 0.3) is 0 Å². The minimum atomic E-state index is -0.466. The molecule has 6 unspecified atom stereocenters. The maximum Gasteiger partial charge on any atom is 0.246 e. The third kappa shape index (κ3) is 5.98. The SMILES string of the molecule is C=CC(=O)N1CCN(C2NC(OCC3CCCN3C)NC3C(=O)[C@]4(CCC32)Cc2ccc(OC)cc2CS4)CC1CC#N. The summed E-state index contributed by atoms with van der Waals surface area (Å²) in [7, 11) is 3.83. The molecule has 1 spiro atoms. The van der Waals surface area contributed by atoms with Crippen LogP contribution >= 0.6 is 11.8 Å². The number of hydrogen-bond donors (Lipinski definition) is 2. The Balaban J connectivity index is 1.24. The third-order valence-corrected chi connectivity index (χ3v) is 11.9. The van der Waals surface area contributed by atoms with E-state index in [4.69, 9.17) is 9.47 Å². The van der Waals surface area contributed by atoms with Gasteiger partial charge < -0.3 is 19.3 Å². The van der Waals surface area contributed by atoms with E-state index in [2.05, 4.69) is 52.3 Å². The van der Waals surface area contributed by atoms with Crippen LogP contribution in [-0.2, 0) is 26.5 Å². The summed E-state index contributed by atoms with van der Waals surface area (Å²) in [5, 5.41) is 16.9. The Morgan fingerprint density at radius 2 is 2.09 bits per heavy atom. The molecule has 1 aromatic rings. The van der Waals surface area contributed by atoms with Crippen LogP contribution in [0.3, 0.4) is 0 Å². The number of thioether (sulfide) groups is 1. The molecule has 4 aliphatic heterocycles. The second-order valence-corrected chi connectivity index (χ2v) is 14.0. The summed E-state index contributed by atoms with van der Waals surface area (Å²) in [4.78, 5) is 33.6. The molecule has 10 nitrogen and oxygen atoms in total. The van der Waals surface area contributed by atoms with Gasteiger partial charge in [-0.25, -0.2) is 0 Å². The van der Waals surface area contributed by atoms with Crippen molar-refractivity contribution in [3.63, 3.8) is 0 Å². The molecule has 0 radical (unpaired) electrons. The van der Waals surface area contributed by atoms with Crippen molar-refractivity contribution in [1.82, 2.24) is 25.3 Å². The Morgan fingerprint density at radius 1 is 1.23 bits per heavy atom. The zero-order chi connectivity index (χ0) is 30.1. The van der Waals surface area contributed by atoms with E-state index >= 15 is 0 Å². The van der Waals surface area contributed by atoms with Crippen LogP contribution in [0.4, 0.5) is 0 Å². The number of hydrogen-bond acceptors (Lipinski definition) is 10. The van der Waals surface area contributed by atoms with Gasteiger partial charge in [0.15, 0.2) is 12.1 Å². The lowest BCUT2D eigenvalue weighted by Crippen LogP contribution is -2.75. The first-order chi connectivity index (χ1) is 20.9. The topological polar surface area (TPSA) is 110 Å². The molecule has 232 valence electrons. The zero-order valence-corrected chi connectivity index (χ0v) is 26.1. The van der Waals surface area contributed by atoms with E-state index < -0.39 is 11.1 Å². The van der Waals surface area contributed by atoms with Crippen molar-refractivity contribution < 1.29 is 19.1 Å². The summed E-state index contributed by atoms with van der Waals surface area (Å²) in [6.07, 6.45) is 5.73. The van der Waals surface area contributed by atoms with Gasteiger partial charge in [0.2, 0.25) is 5.91 Å². The maximum absolute atomic E-state index is 14.6. The molecule has 2 N–H and O–H groups in total. The summed E-state index contributed by atoms with van der Waals surface area (Å²) in [5.74, 6) is 1.82. The number of benzene rings is 1. The Labute approximate surface area is 259 Å². The molecule has 4 fully saturated rings. The fourth-order valence-electron chi connectivity index (χ4n) is 7.82. The summed E-state index contributed by atoms with van der Waals surface area (Å²) < 4.78 is 11.5. The van der Waals surface area contributed by atoms with Crippen molar-refractivity contribution in [3.05, 3.63) is 42.0 Å². The van der Waals surface area contributed by atoms with Crippen molar-refractivity contribution in [3.8, 4) is 11.8 Å². The standard InChI is InChI=1S/C32H44N6O4S/c1-4-27(39)38-15-14-37(18-23(38)10-12-33)30-26-9-11-32(17-21-7-8-25(41-3)16-22(21)20-43-32)29(40)28(26)34-31(35-30)42-19-24-6-5-13-36(24)2/h4,7-8,16,23-24,26,28,30-31,34-35H,1,5-6,9-11,13-15,17-20H2,2-3H3/t23?,24?,26?,28?,30?,31?,32-/m0/s1. The van der Waals surface area contributed by atoms with Gasteiger partial charge in [-0.3, -0.25) is 25.1 Å². The van der Waals surface area contributed by atoms with Crippen LogP contribution in [0.5, 0.6) is 5.75 Å². The van der Waals surface area contributed by atoms with Gasteiger partial charge in [0.1, 0.15) is 5.75 Å². The molecule has 7 atom stereocenters. The Bertz CT molecular complexity index is 1270. The fourth-order valence-corrected chi connectivity index (χ4v) is 9.30. The largest absolute Gasteiger partial charge is 0.497 e. The highest BCUT2D eigenvalue weighted by molar-refractivity contribution is 8.00. The number of amides is 1. The third-order valence-electron chi connectivity index (χ3n) is 10.3. The molecule has 43 heavy (non-hydrogen) atoms. The van der Waals surface area contributed by atoms with Gasteiger partial charge in [0.05, 0.1) is 49.2 Å². The first kappa shape index (κ1) is 30.6. The number of carbonyl (C=O) groups is 2. The van der Waals surface area contributed by atoms with E-state index in [-0.39, 0.29) is 42.3 Å². The van der Waals surface area contributed by atoms with Crippen LogP contribution in [0.1, 0.15) is 43.2 Å². The van der Waals surface area contributed by atoms with Gasteiger partial charge in [-0.05, 0) is 75.0 Å². The molecule has 0 aromatic heterocycles. The monoisotopic (exact) mass is 608 g/mol. The Hall–Kier alpha value is -2.46. The molecular formula is C32H44N6O4S. The highest BCUT2D eigenvalue weighted by Crippen LogP contribution is 2.49. The number of ether oxygens (including phenoxy) is 2. The number of likely N-dealkylation sites (tertiary alicyclic amines) is 1. The van der Waals surface area contributed by atoms with E-state index in [0.717, 1.165) is 43.7 Å². The normalized spacial score (nSPS) is 34.8. The van der Waals surface area contributed by atoms with Gasteiger partial charge in [-0.2, -0.15) is 5.26 Å². The Kier molecular flexibility index (Phi) is 9.15. The average molecular weight is 609 g/mol. The highest BCUT2D eigenvalue weighted by Gasteiger charge is 2.55. The fraction of sp³-hybridized carbons (Fsp3) is 0.656. The number of likely N-dealkylation sites (N-methyl/N-ethyl adjacent to an activating group) is 1. The number of rotatable bonds is 7. The molecule has 4 heterocycles. The summed E-state index contributed by atoms with van der Waals surface area (Å²) in [6, 6.07) is 8.28. The quantitative estimate of drug-likeness (QED) is 0.447. The first-order valence-corrected chi connectivity index (χ1v) is 16.6. The summed E-state index contributed by atoms with van der Waals surface area (Å²) in [6.45, 7) is 7.07. The number of nitrogens with zero attached hydrogens (tertiary/aromatic N) is 4. The number of piperazine rings is 1. The molecule has 5 aliphatic rings. The van der Waals surface area contributed by atoms with Gasteiger partial charge in [-0.15, -0.1) is 11.8 Å². The van der Waals surface area contributed by atoms with Gasteiger partial charge >= 0.3 is 0 Å². The van der Waals surface area contributed by atoms with Crippen LogP contribution in [0.2, 0.25) is 0 Å². The lowest BCUT2D eigenvalue weighted by molar-refractivity contribution is -0.144. The van der Waals surface area contributed by atoms with E-state index in [1.165, 1.54) is 23.6 Å². The van der Waals surface area contributed by atoms with Crippen LogP contribution < -0.4 is 15.4 Å².